The second-order valence-electron chi connectivity index (χ2n) is 3.78. The number of hydrogen-bond donors (Lipinski definition) is 0. The minimum Gasteiger partial charge on any atom is -0.496 e. The molecule has 0 saturated carbocycles. The molecule has 18 heavy (non-hydrogen) atoms. The van der Waals surface area contributed by atoms with Crippen LogP contribution in [0.1, 0.15) is 10.4 Å². The van der Waals surface area contributed by atoms with E-state index in [1.165, 1.54) is 0 Å². The topological polar surface area (TPSA) is 35.5 Å². The standard InChI is InChI=1S/C15H14O3/c1-17-13-8-11(10-16)9-14(18-2)15(13)12-6-4-3-5-7-12/h3-10H,1-2H3. The Bertz CT molecular complexity index is 522. The molecular weight excluding hydrogens is 228 g/mol. The maximum atomic E-state index is 10.9. The van der Waals surface area contributed by atoms with Gasteiger partial charge in [-0.15, -0.1) is 0 Å². The SMILES string of the molecule is COc1cc(C=O)cc(OC)c1-c1ccccc1. The molecule has 0 bridgehead atoms. The van der Waals surface area contributed by atoms with E-state index in [0.717, 1.165) is 17.4 Å². The number of rotatable bonds is 4. The summed E-state index contributed by atoms with van der Waals surface area (Å²) in [7, 11) is 3.16. The summed E-state index contributed by atoms with van der Waals surface area (Å²) in [6.07, 6.45) is 0.778. The maximum Gasteiger partial charge on any atom is 0.150 e. The zero-order valence-corrected chi connectivity index (χ0v) is 10.3. The molecule has 0 spiro atoms. The molecule has 0 aliphatic heterocycles. The van der Waals surface area contributed by atoms with Crippen LogP contribution in [0.2, 0.25) is 0 Å². The highest BCUT2D eigenvalue weighted by Gasteiger charge is 2.14. The molecule has 0 aliphatic rings. The summed E-state index contributed by atoms with van der Waals surface area (Å²) in [5.41, 5.74) is 2.37. The van der Waals surface area contributed by atoms with Crippen molar-refractivity contribution in [3.05, 3.63) is 48.0 Å². The largest absolute Gasteiger partial charge is 0.496 e. The third-order valence-electron chi connectivity index (χ3n) is 2.73. The van der Waals surface area contributed by atoms with E-state index in [2.05, 4.69) is 0 Å². The summed E-state index contributed by atoms with van der Waals surface area (Å²) in [5, 5.41) is 0. The first-order chi connectivity index (χ1) is 8.80. The van der Waals surface area contributed by atoms with Gasteiger partial charge in [0.1, 0.15) is 17.8 Å². The van der Waals surface area contributed by atoms with Crippen molar-refractivity contribution >= 4 is 6.29 Å². The first-order valence-electron chi connectivity index (χ1n) is 5.56. The highest BCUT2D eigenvalue weighted by Crippen LogP contribution is 2.39. The van der Waals surface area contributed by atoms with Gasteiger partial charge in [-0.1, -0.05) is 30.3 Å². The summed E-state index contributed by atoms with van der Waals surface area (Å²) in [5.74, 6) is 1.25. The first-order valence-corrected chi connectivity index (χ1v) is 5.56. The molecule has 0 amide bonds. The van der Waals surface area contributed by atoms with E-state index in [1.807, 2.05) is 30.3 Å². The Balaban J connectivity index is 2.68. The quantitative estimate of drug-likeness (QED) is 0.772. The van der Waals surface area contributed by atoms with Crippen LogP contribution in [0.3, 0.4) is 0 Å². The molecule has 2 aromatic carbocycles. The lowest BCUT2D eigenvalue weighted by Gasteiger charge is -2.14. The fraction of sp³-hybridized carbons (Fsp3) is 0.133. The van der Waals surface area contributed by atoms with E-state index in [4.69, 9.17) is 9.47 Å². The van der Waals surface area contributed by atoms with Gasteiger partial charge < -0.3 is 9.47 Å². The van der Waals surface area contributed by atoms with E-state index < -0.39 is 0 Å². The second kappa shape index (κ2) is 5.36. The molecule has 0 fully saturated rings. The fourth-order valence-corrected chi connectivity index (χ4v) is 1.89. The van der Waals surface area contributed by atoms with Crippen molar-refractivity contribution in [3.63, 3.8) is 0 Å². The smallest absolute Gasteiger partial charge is 0.150 e. The zero-order valence-electron chi connectivity index (χ0n) is 10.3. The minimum absolute atomic E-state index is 0.531. The summed E-state index contributed by atoms with van der Waals surface area (Å²) in [6.45, 7) is 0. The first kappa shape index (κ1) is 12.2. The molecular formula is C15H14O3. The van der Waals surface area contributed by atoms with Gasteiger partial charge in [0.25, 0.3) is 0 Å². The molecule has 0 aliphatic carbocycles. The minimum atomic E-state index is 0.531. The van der Waals surface area contributed by atoms with Gasteiger partial charge in [-0.3, -0.25) is 4.79 Å². The molecule has 0 atom stereocenters. The average Bonchev–Trinajstić information content (AvgIpc) is 2.46. The van der Waals surface area contributed by atoms with E-state index in [1.54, 1.807) is 26.4 Å². The monoisotopic (exact) mass is 242 g/mol. The summed E-state index contributed by atoms with van der Waals surface area (Å²) >= 11 is 0. The highest BCUT2D eigenvalue weighted by molar-refractivity contribution is 5.84. The van der Waals surface area contributed by atoms with Crippen molar-refractivity contribution < 1.29 is 14.3 Å². The van der Waals surface area contributed by atoms with Gasteiger partial charge in [-0.25, -0.2) is 0 Å². The number of methoxy groups -OCH3 is 2. The number of hydrogen-bond acceptors (Lipinski definition) is 3. The lowest BCUT2D eigenvalue weighted by atomic mass is 10.0. The van der Waals surface area contributed by atoms with Gasteiger partial charge in [0.2, 0.25) is 0 Å². The molecule has 0 heterocycles. The molecule has 92 valence electrons. The van der Waals surface area contributed by atoms with Gasteiger partial charge in [-0.05, 0) is 17.7 Å². The van der Waals surface area contributed by atoms with Crippen LogP contribution in [0.15, 0.2) is 42.5 Å². The van der Waals surface area contributed by atoms with Crippen LogP contribution >= 0.6 is 0 Å². The van der Waals surface area contributed by atoms with Crippen LogP contribution < -0.4 is 9.47 Å². The Labute approximate surface area is 106 Å². The number of aldehydes is 1. The number of ether oxygens (including phenoxy) is 2. The molecule has 2 rings (SSSR count). The lowest BCUT2D eigenvalue weighted by molar-refractivity contribution is 0.112. The van der Waals surface area contributed by atoms with E-state index in [0.29, 0.717) is 17.1 Å². The van der Waals surface area contributed by atoms with Crippen molar-refractivity contribution in [2.45, 2.75) is 0 Å². The Morgan fingerprint density at radius 1 is 0.944 bits per heavy atom. The van der Waals surface area contributed by atoms with Gasteiger partial charge in [0, 0.05) is 5.56 Å². The van der Waals surface area contributed by atoms with Crippen LogP contribution in [0.25, 0.3) is 11.1 Å². The normalized spacial score (nSPS) is 9.89. The predicted octanol–water partition coefficient (Wildman–Crippen LogP) is 3.18. The molecule has 3 heteroatoms. The molecule has 3 nitrogen and oxygen atoms in total. The van der Waals surface area contributed by atoms with Crippen molar-refractivity contribution in [1.29, 1.82) is 0 Å². The maximum absolute atomic E-state index is 10.9. The molecule has 0 radical (unpaired) electrons. The fourth-order valence-electron chi connectivity index (χ4n) is 1.89. The van der Waals surface area contributed by atoms with Crippen molar-refractivity contribution in [2.75, 3.05) is 14.2 Å². The lowest BCUT2D eigenvalue weighted by Crippen LogP contribution is -1.95. The van der Waals surface area contributed by atoms with Gasteiger partial charge in [-0.2, -0.15) is 0 Å². The van der Waals surface area contributed by atoms with E-state index in [9.17, 15) is 4.79 Å². The third kappa shape index (κ3) is 2.20. The summed E-state index contributed by atoms with van der Waals surface area (Å²) in [4.78, 5) is 10.9. The van der Waals surface area contributed by atoms with E-state index >= 15 is 0 Å². The van der Waals surface area contributed by atoms with Crippen LogP contribution in [-0.4, -0.2) is 20.5 Å². The second-order valence-corrected chi connectivity index (χ2v) is 3.78. The Morgan fingerprint density at radius 3 is 1.94 bits per heavy atom. The number of benzene rings is 2. The van der Waals surface area contributed by atoms with Crippen LogP contribution in [0, 0.1) is 0 Å². The van der Waals surface area contributed by atoms with Gasteiger partial charge in [0.15, 0.2) is 0 Å². The summed E-state index contributed by atoms with van der Waals surface area (Å²) < 4.78 is 10.7. The van der Waals surface area contributed by atoms with Crippen molar-refractivity contribution in [3.8, 4) is 22.6 Å². The molecule has 0 unspecified atom stereocenters. The van der Waals surface area contributed by atoms with E-state index in [-0.39, 0.29) is 0 Å². The van der Waals surface area contributed by atoms with Crippen LogP contribution in [0.5, 0.6) is 11.5 Å². The van der Waals surface area contributed by atoms with Gasteiger partial charge in [0.05, 0.1) is 19.8 Å². The molecule has 0 saturated heterocycles. The Kier molecular flexibility index (Phi) is 3.63. The predicted molar refractivity (Wildman–Crippen MR) is 70.4 cm³/mol. The summed E-state index contributed by atoms with van der Waals surface area (Å²) in [6, 6.07) is 13.2. The number of carbonyl (C=O) groups is 1. The molecule has 0 aromatic heterocycles. The van der Waals surface area contributed by atoms with Crippen molar-refractivity contribution in [1.82, 2.24) is 0 Å². The number of carbonyl (C=O) groups excluding carboxylic acids is 1. The van der Waals surface area contributed by atoms with Crippen LogP contribution in [-0.2, 0) is 0 Å². The van der Waals surface area contributed by atoms with Gasteiger partial charge >= 0.3 is 0 Å². The Morgan fingerprint density at radius 2 is 1.50 bits per heavy atom. The van der Waals surface area contributed by atoms with Crippen LogP contribution in [0.4, 0.5) is 0 Å². The molecule has 0 N–H and O–H groups in total. The molecule has 2 aromatic rings. The third-order valence-corrected chi connectivity index (χ3v) is 2.73. The Hall–Kier alpha value is -2.29. The average molecular weight is 242 g/mol. The van der Waals surface area contributed by atoms with Crippen molar-refractivity contribution in [2.24, 2.45) is 0 Å². The highest BCUT2D eigenvalue weighted by atomic mass is 16.5. The zero-order chi connectivity index (χ0) is 13.0.